The zero-order chi connectivity index (χ0) is 6.91. The van der Waals surface area contributed by atoms with Crippen molar-refractivity contribution in [3.8, 4) is 0 Å². The standard InChI is InChI=1S/C8H17N/c1-4-5-8(2)6-7-9(8)3/h4-7H2,1-3H3. The summed E-state index contributed by atoms with van der Waals surface area (Å²) in [6.45, 7) is 5.92. The van der Waals surface area contributed by atoms with Gasteiger partial charge in [0.05, 0.1) is 0 Å². The summed E-state index contributed by atoms with van der Waals surface area (Å²) in [4.78, 5) is 2.45. The molecule has 0 radical (unpaired) electrons. The quantitative estimate of drug-likeness (QED) is 0.547. The van der Waals surface area contributed by atoms with Crippen LogP contribution in [0.5, 0.6) is 0 Å². The van der Waals surface area contributed by atoms with Crippen molar-refractivity contribution in [3.05, 3.63) is 0 Å². The summed E-state index contributed by atoms with van der Waals surface area (Å²) in [5.74, 6) is 0. The van der Waals surface area contributed by atoms with Crippen LogP contribution in [0.15, 0.2) is 0 Å². The van der Waals surface area contributed by atoms with Crippen LogP contribution in [-0.2, 0) is 0 Å². The molecule has 0 aromatic carbocycles. The first-order valence-corrected chi connectivity index (χ1v) is 3.90. The third-order valence-corrected chi connectivity index (χ3v) is 2.70. The Morgan fingerprint density at radius 1 is 1.56 bits per heavy atom. The number of nitrogens with zero attached hydrogens (tertiary/aromatic N) is 1. The minimum absolute atomic E-state index is 0.564. The maximum atomic E-state index is 2.45. The lowest BCUT2D eigenvalue weighted by molar-refractivity contribution is 0.0196. The second-order valence-corrected chi connectivity index (χ2v) is 3.42. The molecule has 0 aromatic rings. The largest absolute Gasteiger partial charge is 0.301 e. The zero-order valence-corrected chi connectivity index (χ0v) is 6.78. The SMILES string of the molecule is CCCC1(C)CCN1C. The Morgan fingerprint density at radius 2 is 2.22 bits per heavy atom. The molecular formula is C8H17N. The lowest BCUT2D eigenvalue weighted by Gasteiger charge is -2.48. The highest BCUT2D eigenvalue weighted by Gasteiger charge is 2.35. The van der Waals surface area contributed by atoms with E-state index in [4.69, 9.17) is 0 Å². The summed E-state index contributed by atoms with van der Waals surface area (Å²) in [5, 5.41) is 0. The molecule has 1 heterocycles. The van der Waals surface area contributed by atoms with Gasteiger partial charge in [0.2, 0.25) is 0 Å². The van der Waals surface area contributed by atoms with Gasteiger partial charge in [-0.1, -0.05) is 13.3 Å². The number of likely N-dealkylation sites (tertiary alicyclic amines) is 1. The van der Waals surface area contributed by atoms with Gasteiger partial charge < -0.3 is 4.90 Å². The second-order valence-electron chi connectivity index (χ2n) is 3.42. The van der Waals surface area contributed by atoms with Crippen LogP contribution in [0.3, 0.4) is 0 Å². The van der Waals surface area contributed by atoms with Crippen molar-refractivity contribution >= 4 is 0 Å². The topological polar surface area (TPSA) is 3.24 Å². The average Bonchev–Trinajstić information content (AvgIpc) is 1.86. The summed E-state index contributed by atoms with van der Waals surface area (Å²) in [7, 11) is 2.22. The zero-order valence-electron chi connectivity index (χ0n) is 6.78. The van der Waals surface area contributed by atoms with Crippen molar-refractivity contribution in [2.24, 2.45) is 0 Å². The van der Waals surface area contributed by atoms with E-state index in [0.29, 0.717) is 5.54 Å². The van der Waals surface area contributed by atoms with Gasteiger partial charge >= 0.3 is 0 Å². The summed E-state index contributed by atoms with van der Waals surface area (Å²) < 4.78 is 0. The van der Waals surface area contributed by atoms with E-state index in [1.165, 1.54) is 25.8 Å². The van der Waals surface area contributed by atoms with Gasteiger partial charge in [-0.3, -0.25) is 0 Å². The molecule has 1 atom stereocenters. The van der Waals surface area contributed by atoms with E-state index in [-0.39, 0.29) is 0 Å². The van der Waals surface area contributed by atoms with Crippen LogP contribution in [0.4, 0.5) is 0 Å². The summed E-state index contributed by atoms with van der Waals surface area (Å²) >= 11 is 0. The van der Waals surface area contributed by atoms with Crippen molar-refractivity contribution in [1.29, 1.82) is 0 Å². The molecule has 1 aliphatic heterocycles. The highest BCUT2D eigenvalue weighted by molar-refractivity contribution is 4.92. The minimum atomic E-state index is 0.564. The number of hydrogen-bond acceptors (Lipinski definition) is 1. The highest BCUT2D eigenvalue weighted by atomic mass is 15.2. The van der Waals surface area contributed by atoms with Gasteiger partial charge in [0.1, 0.15) is 0 Å². The molecular weight excluding hydrogens is 110 g/mol. The Labute approximate surface area is 58.0 Å². The molecule has 1 saturated heterocycles. The van der Waals surface area contributed by atoms with Crippen molar-refractivity contribution < 1.29 is 0 Å². The van der Waals surface area contributed by atoms with E-state index in [9.17, 15) is 0 Å². The maximum Gasteiger partial charge on any atom is 0.0190 e. The lowest BCUT2D eigenvalue weighted by Crippen LogP contribution is -2.55. The van der Waals surface area contributed by atoms with Gasteiger partial charge in [-0.15, -0.1) is 0 Å². The van der Waals surface area contributed by atoms with Crippen LogP contribution in [-0.4, -0.2) is 24.0 Å². The molecule has 0 amide bonds. The van der Waals surface area contributed by atoms with Crippen molar-refractivity contribution in [2.45, 2.75) is 38.6 Å². The van der Waals surface area contributed by atoms with E-state index >= 15 is 0 Å². The molecule has 0 bridgehead atoms. The Balaban J connectivity index is 2.34. The molecule has 1 unspecified atom stereocenters. The molecule has 0 spiro atoms. The van der Waals surface area contributed by atoms with Crippen LogP contribution in [0, 0.1) is 0 Å². The monoisotopic (exact) mass is 127 g/mol. The Morgan fingerprint density at radius 3 is 2.33 bits per heavy atom. The van der Waals surface area contributed by atoms with Crippen LogP contribution >= 0.6 is 0 Å². The smallest absolute Gasteiger partial charge is 0.0190 e. The van der Waals surface area contributed by atoms with E-state index in [1.807, 2.05) is 0 Å². The maximum absolute atomic E-state index is 2.45. The van der Waals surface area contributed by atoms with Gasteiger partial charge in [-0.05, 0) is 26.8 Å². The van der Waals surface area contributed by atoms with Gasteiger partial charge in [-0.2, -0.15) is 0 Å². The number of rotatable bonds is 2. The van der Waals surface area contributed by atoms with Crippen molar-refractivity contribution in [2.75, 3.05) is 13.6 Å². The molecule has 9 heavy (non-hydrogen) atoms. The summed E-state index contributed by atoms with van der Waals surface area (Å²) in [6.07, 6.45) is 4.08. The van der Waals surface area contributed by atoms with E-state index in [2.05, 4.69) is 25.8 Å². The van der Waals surface area contributed by atoms with E-state index < -0.39 is 0 Å². The van der Waals surface area contributed by atoms with Crippen LogP contribution in [0.25, 0.3) is 0 Å². The first kappa shape index (κ1) is 7.07. The molecule has 1 fully saturated rings. The normalized spacial score (nSPS) is 36.3. The molecule has 54 valence electrons. The first-order valence-electron chi connectivity index (χ1n) is 3.90. The Bertz CT molecular complexity index is 101. The molecule has 1 aliphatic rings. The van der Waals surface area contributed by atoms with Crippen LogP contribution in [0.1, 0.15) is 33.1 Å². The fourth-order valence-corrected chi connectivity index (χ4v) is 1.57. The fraction of sp³-hybridized carbons (Fsp3) is 1.00. The third kappa shape index (κ3) is 1.11. The average molecular weight is 127 g/mol. The summed E-state index contributed by atoms with van der Waals surface area (Å²) in [5.41, 5.74) is 0.564. The van der Waals surface area contributed by atoms with E-state index in [0.717, 1.165) is 0 Å². The van der Waals surface area contributed by atoms with Gasteiger partial charge in [0.15, 0.2) is 0 Å². The molecule has 1 heteroatoms. The highest BCUT2D eigenvalue weighted by Crippen LogP contribution is 2.32. The lowest BCUT2D eigenvalue weighted by atomic mass is 9.83. The predicted octanol–water partition coefficient (Wildman–Crippen LogP) is 1.88. The van der Waals surface area contributed by atoms with Gasteiger partial charge in [0, 0.05) is 12.1 Å². The number of hydrogen-bond donors (Lipinski definition) is 0. The fourth-order valence-electron chi connectivity index (χ4n) is 1.57. The van der Waals surface area contributed by atoms with Gasteiger partial charge in [0.25, 0.3) is 0 Å². The third-order valence-electron chi connectivity index (χ3n) is 2.70. The van der Waals surface area contributed by atoms with Gasteiger partial charge in [-0.25, -0.2) is 0 Å². The Kier molecular flexibility index (Phi) is 1.80. The second kappa shape index (κ2) is 2.30. The van der Waals surface area contributed by atoms with Crippen LogP contribution < -0.4 is 0 Å². The molecule has 0 aromatic heterocycles. The minimum Gasteiger partial charge on any atom is -0.301 e. The van der Waals surface area contributed by atoms with Crippen molar-refractivity contribution in [3.63, 3.8) is 0 Å². The molecule has 0 saturated carbocycles. The molecule has 1 rings (SSSR count). The first-order chi connectivity index (χ1) is 4.19. The van der Waals surface area contributed by atoms with E-state index in [1.54, 1.807) is 0 Å². The van der Waals surface area contributed by atoms with Crippen LogP contribution in [0.2, 0.25) is 0 Å². The predicted molar refractivity (Wildman–Crippen MR) is 40.6 cm³/mol. The Hall–Kier alpha value is -0.0400. The molecule has 0 N–H and O–H groups in total. The van der Waals surface area contributed by atoms with Crippen molar-refractivity contribution in [1.82, 2.24) is 4.90 Å². The molecule has 1 nitrogen and oxygen atoms in total. The molecule has 0 aliphatic carbocycles. The summed E-state index contributed by atoms with van der Waals surface area (Å²) in [6, 6.07) is 0.